The second kappa shape index (κ2) is 8.39. The van der Waals surface area contributed by atoms with Gasteiger partial charge in [-0.3, -0.25) is 14.5 Å². The molecule has 1 aliphatic heterocycles. The Labute approximate surface area is 159 Å². The monoisotopic (exact) mass is 385 g/mol. The molecule has 2 N–H and O–H groups in total. The molecule has 0 radical (unpaired) electrons. The van der Waals surface area contributed by atoms with E-state index < -0.39 is 11.4 Å². The van der Waals surface area contributed by atoms with Crippen LogP contribution in [0, 0.1) is 18.3 Å². The summed E-state index contributed by atoms with van der Waals surface area (Å²) in [5.41, 5.74) is -0.671. The van der Waals surface area contributed by atoms with Crippen LogP contribution in [0.15, 0.2) is 10.6 Å². The highest BCUT2D eigenvalue weighted by atomic mass is 35.5. The van der Waals surface area contributed by atoms with Gasteiger partial charge in [0, 0.05) is 19.2 Å². The van der Waals surface area contributed by atoms with E-state index in [0.717, 1.165) is 32.1 Å². The molecule has 26 heavy (non-hydrogen) atoms. The molecule has 0 aromatic carbocycles. The first-order chi connectivity index (χ1) is 12.0. The molecule has 0 spiro atoms. The van der Waals surface area contributed by atoms with Gasteiger partial charge < -0.3 is 14.9 Å². The first kappa shape index (κ1) is 20.7. The molecule has 1 unspecified atom stereocenters. The van der Waals surface area contributed by atoms with Gasteiger partial charge in [-0.05, 0) is 32.1 Å². The van der Waals surface area contributed by atoms with Crippen LogP contribution in [0.4, 0.5) is 5.82 Å². The fraction of sp³-hybridized carbons (Fsp3) is 0.722. The Morgan fingerprint density at radius 1 is 1.54 bits per heavy atom. The largest absolute Gasteiger partial charge is 0.481 e. The van der Waals surface area contributed by atoms with Crippen molar-refractivity contribution < 1.29 is 19.2 Å². The summed E-state index contributed by atoms with van der Waals surface area (Å²) in [6.07, 6.45) is 5.27. The summed E-state index contributed by atoms with van der Waals surface area (Å²) in [6.45, 7) is 5.02. The van der Waals surface area contributed by atoms with Crippen molar-refractivity contribution in [3.63, 3.8) is 0 Å². The van der Waals surface area contributed by atoms with E-state index in [1.54, 1.807) is 13.0 Å². The quantitative estimate of drug-likeness (QED) is 0.748. The number of hydrogen-bond donors (Lipinski definition) is 2. The van der Waals surface area contributed by atoms with Gasteiger partial charge in [0.05, 0.1) is 11.5 Å². The van der Waals surface area contributed by atoms with Crippen molar-refractivity contribution in [1.82, 2.24) is 10.1 Å². The number of halogens is 1. The molecule has 1 aliphatic carbocycles. The van der Waals surface area contributed by atoms with Crippen LogP contribution in [-0.2, 0) is 9.59 Å². The molecule has 1 aromatic heterocycles. The molecule has 2 fully saturated rings. The normalized spacial score (nSPS) is 26.2. The number of unbranched alkanes of at least 4 members (excludes halogenated alkanes) is 1. The summed E-state index contributed by atoms with van der Waals surface area (Å²) in [5.74, 6) is 0.370. The maximum atomic E-state index is 12.8. The number of amides is 1. The minimum atomic E-state index is -0.709. The lowest BCUT2D eigenvalue weighted by molar-refractivity contribution is -0.149. The van der Waals surface area contributed by atoms with E-state index in [1.165, 1.54) is 0 Å². The summed E-state index contributed by atoms with van der Waals surface area (Å²) in [7, 11) is 0. The summed E-state index contributed by atoms with van der Waals surface area (Å²) in [6, 6.07) is 1.37. The number of fused-ring (bicyclic) bond motifs is 1. The van der Waals surface area contributed by atoms with Crippen molar-refractivity contribution in [3.05, 3.63) is 11.8 Å². The third-order valence-electron chi connectivity index (χ3n) is 5.78. The molecule has 146 valence electrons. The average molecular weight is 386 g/mol. The molecular formula is C18H28ClN3O4. The molecule has 1 saturated heterocycles. The van der Waals surface area contributed by atoms with Crippen LogP contribution in [0.5, 0.6) is 0 Å². The van der Waals surface area contributed by atoms with Crippen LogP contribution in [-0.4, -0.2) is 46.2 Å². The number of carbonyl (C=O) groups excluding carboxylic acids is 1. The van der Waals surface area contributed by atoms with Crippen molar-refractivity contribution >= 4 is 30.1 Å². The third-order valence-corrected chi connectivity index (χ3v) is 5.78. The van der Waals surface area contributed by atoms with Gasteiger partial charge in [-0.25, -0.2) is 0 Å². The molecule has 8 heteroatoms. The maximum absolute atomic E-state index is 12.8. The Kier molecular flexibility index (Phi) is 6.69. The second-order valence-corrected chi connectivity index (χ2v) is 7.45. The van der Waals surface area contributed by atoms with E-state index in [0.29, 0.717) is 31.1 Å². The summed E-state index contributed by atoms with van der Waals surface area (Å²) < 4.78 is 5.00. The lowest BCUT2D eigenvalue weighted by Crippen LogP contribution is -2.45. The zero-order chi connectivity index (χ0) is 18.0. The van der Waals surface area contributed by atoms with Gasteiger partial charge in [-0.2, -0.15) is 0 Å². The Morgan fingerprint density at radius 3 is 2.88 bits per heavy atom. The molecule has 2 heterocycles. The number of rotatable bonds is 7. The minimum absolute atomic E-state index is 0. The van der Waals surface area contributed by atoms with Gasteiger partial charge in [0.2, 0.25) is 5.91 Å². The first-order valence-corrected chi connectivity index (χ1v) is 9.18. The molecule has 1 saturated carbocycles. The van der Waals surface area contributed by atoms with Crippen LogP contribution < -0.4 is 5.32 Å². The van der Waals surface area contributed by atoms with Crippen LogP contribution in [0.2, 0.25) is 0 Å². The number of nitrogens with one attached hydrogen (secondary N) is 1. The van der Waals surface area contributed by atoms with Crippen LogP contribution in [0.1, 0.15) is 51.2 Å². The van der Waals surface area contributed by atoms with Crippen molar-refractivity contribution in [3.8, 4) is 0 Å². The van der Waals surface area contributed by atoms with Gasteiger partial charge in [0.1, 0.15) is 5.76 Å². The van der Waals surface area contributed by atoms with E-state index in [9.17, 15) is 14.7 Å². The predicted molar refractivity (Wildman–Crippen MR) is 99.4 cm³/mol. The standard InChI is InChI=1S/C18H27N3O4.ClH/c1-3-4-7-14(16(22)19-15-9-12(2)25-20-15)21-10-13-6-5-8-18(13,11-21)17(23)24;/h9,13-14H,3-8,10-11H2,1-2H3,(H,23,24)(H,19,20,22);1H/t13-,14?,18+;/m0./s1. The highest BCUT2D eigenvalue weighted by Crippen LogP contribution is 2.49. The zero-order valence-electron chi connectivity index (χ0n) is 15.4. The summed E-state index contributed by atoms with van der Waals surface area (Å²) in [5, 5.41) is 16.4. The van der Waals surface area contributed by atoms with E-state index in [1.807, 2.05) is 0 Å². The number of aryl methyl sites for hydroxylation is 1. The predicted octanol–water partition coefficient (Wildman–Crippen LogP) is 3.09. The van der Waals surface area contributed by atoms with Crippen LogP contribution in [0.3, 0.4) is 0 Å². The van der Waals surface area contributed by atoms with Crippen molar-refractivity contribution in [2.75, 3.05) is 18.4 Å². The van der Waals surface area contributed by atoms with E-state index in [-0.39, 0.29) is 30.3 Å². The van der Waals surface area contributed by atoms with Crippen molar-refractivity contribution in [2.45, 2.75) is 58.4 Å². The number of aromatic nitrogens is 1. The Morgan fingerprint density at radius 2 is 2.31 bits per heavy atom. The van der Waals surface area contributed by atoms with Crippen molar-refractivity contribution in [2.24, 2.45) is 11.3 Å². The fourth-order valence-electron chi connectivity index (χ4n) is 4.43. The Hall–Kier alpha value is -1.60. The van der Waals surface area contributed by atoms with Gasteiger partial charge >= 0.3 is 5.97 Å². The van der Waals surface area contributed by atoms with E-state index >= 15 is 0 Å². The molecule has 1 amide bonds. The van der Waals surface area contributed by atoms with Gasteiger partial charge in [-0.15, -0.1) is 12.4 Å². The number of anilines is 1. The number of nitrogens with zero attached hydrogens (tertiary/aromatic N) is 2. The molecule has 7 nitrogen and oxygen atoms in total. The number of carboxylic acid groups (broad SMARTS) is 1. The molecule has 2 aliphatic rings. The van der Waals surface area contributed by atoms with E-state index in [2.05, 4.69) is 22.3 Å². The number of hydrogen-bond acceptors (Lipinski definition) is 5. The number of carboxylic acids is 1. The van der Waals surface area contributed by atoms with Crippen molar-refractivity contribution in [1.29, 1.82) is 0 Å². The average Bonchev–Trinajstić information content (AvgIpc) is 3.22. The molecule has 1 aromatic rings. The Balaban J connectivity index is 0.00000243. The molecular weight excluding hydrogens is 358 g/mol. The topological polar surface area (TPSA) is 95.7 Å². The highest BCUT2D eigenvalue weighted by molar-refractivity contribution is 5.94. The Bertz CT molecular complexity index is 650. The fourth-order valence-corrected chi connectivity index (χ4v) is 4.43. The maximum Gasteiger partial charge on any atom is 0.311 e. The second-order valence-electron chi connectivity index (χ2n) is 7.45. The number of likely N-dealkylation sites (tertiary alicyclic amines) is 1. The van der Waals surface area contributed by atoms with Gasteiger partial charge in [0.25, 0.3) is 0 Å². The summed E-state index contributed by atoms with van der Waals surface area (Å²) in [4.78, 5) is 26.8. The minimum Gasteiger partial charge on any atom is -0.481 e. The zero-order valence-corrected chi connectivity index (χ0v) is 16.2. The molecule has 0 bridgehead atoms. The smallest absolute Gasteiger partial charge is 0.311 e. The lowest BCUT2D eigenvalue weighted by atomic mass is 9.81. The SMILES string of the molecule is CCCCC(C(=O)Nc1cc(C)on1)N1C[C@@H]2CCC[C@@]2(C(=O)O)C1.Cl. The van der Waals surface area contributed by atoms with Gasteiger partial charge in [0.15, 0.2) is 5.82 Å². The highest BCUT2D eigenvalue weighted by Gasteiger charge is 2.56. The van der Waals surface area contributed by atoms with E-state index in [4.69, 9.17) is 4.52 Å². The summed E-state index contributed by atoms with van der Waals surface area (Å²) >= 11 is 0. The molecule has 3 atom stereocenters. The van der Waals surface area contributed by atoms with Gasteiger partial charge in [-0.1, -0.05) is 31.3 Å². The van der Waals surface area contributed by atoms with Crippen LogP contribution >= 0.6 is 12.4 Å². The molecule has 3 rings (SSSR count). The first-order valence-electron chi connectivity index (χ1n) is 9.18. The number of carbonyl (C=O) groups is 2. The third kappa shape index (κ3) is 3.88. The lowest BCUT2D eigenvalue weighted by Gasteiger charge is -2.28. The number of aliphatic carboxylic acids is 1. The van der Waals surface area contributed by atoms with Crippen LogP contribution in [0.25, 0.3) is 0 Å².